The molecule has 0 saturated carbocycles. The number of nitrogens with one attached hydrogen (secondary N) is 1. The first-order chi connectivity index (χ1) is 10.1. The molecule has 0 spiro atoms. The minimum atomic E-state index is -0.0721. The summed E-state index contributed by atoms with van der Waals surface area (Å²) in [6.45, 7) is 5.45. The van der Waals surface area contributed by atoms with Crippen molar-refractivity contribution < 1.29 is 4.79 Å². The third-order valence-electron chi connectivity index (χ3n) is 3.77. The highest BCUT2D eigenvalue weighted by Gasteiger charge is 2.26. The number of benzene rings is 1. The van der Waals surface area contributed by atoms with Crippen LogP contribution in [0.2, 0.25) is 0 Å². The lowest BCUT2D eigenvalue weighted by Crippen LogP contribution is -2.40. The van der Waals surface area contributed by atoms with Crippen LogP contribution in [0.15, 0.2) is 35.5 Å². The molecule has 4 nitrogen and oxygen atoms in total. The standard InChI is InChI=1S/C16H19N3OS/c1-11-3-5-13(6-4-11)21-12(2)16(20)19-8-7-14-15(9-19)18-10-17-14/h3-6,10,12H,7-9H2,1-2H3,(H,17,18)/t12-/m0/s1. The zero-order valence-corrected chi connectivity index (χ0v) is 13.1. The van der Waals surface area contributed by atoms with E-state index in [9.17, 15) is 4.79 Å². The number of aromatic amines is 1. The van der Waals surface area contributed by atoms with Crippen molar-refractivity contribution in [2.75, 3.05) is 6.54 Å². The van der Waals surface area contributed by atoms with Gasteiger partial charge in [-0.25, -0.2) is 4.98 Å². The zero-order valence-electron chi connectivity index (χ0n) is 12.3. The van der Waals surface area contributed by atoms with Crippen molar-refractivity contribution in [2.45, 2.75) is 37.0 Å². The van der Waals surface area contributed by atoms with Gasteiger partial charge in [-0.05, 0) is 26.0 Å². The molecule has 3 rings (SSSR count). The smallest absolute Gasteiger partial charge is 0.236 e. The van der Waals surface area contributed by atoms with E-state index in [-0.39, 0.29) is 11.2 Å². The van der Waals surface area contributed by atoms with E-state index in [0.717, 1.165) is 29.2 Å². The molecule has 0 radical (unpaired) electrons. The summed E-state index contributed by atoms with van der Waals surface area (Å²) in [5.74, 6) is 0.195. The highest BCUT2D eigenvalue weighted by atomic mass is 32.2. The SMILES string of the molecule is Cc1ccc(S[C@@H](C)C(=O)N2CCc3nc[nH]c3C2)cc1. The Bertz CT molecular complexity index is 635. The number of nitrogens with zero attached hydrogens (tertiary/aromatic N) is 2. The average molecular weight is 301 g/mol. The Labute approximate surface area is 129 Å². The largest absolute Gasteiger partial charge is 0.347 e. The van der Waals surface area contributed by atoms with Gasteiger partial charge in [0.05, 0.1) is 29.5 Å². The lowest BCUT2D eigenvalue weighted by Gasteiger charge is -2.28. The monoisotopic (exact) mass is 301 g/mol. The van der Waals surface area contributed by atoms with E-state index in [4.69, 9.17) is 0 Å². The van der Waals surface area contributed by atoms with Gasteiger partial charge in [0, 0.05) is 17.9 Å². The van der Waals surface area contributed by atoms with E-state index in [1.165, 1.54) is 5.56 Å². The van der Waals surface area contributed by atoms with Crippen molar-refractivity contribution in [1.82, 2.24) is 14.9 Å². The number of imidazole rings is 1. The Kier molecular flexibility index (Phi) is 4.01. The van der Waals surface area contributed by atoms with Crippen LogP contribution in [0, 0.1) is 6.92 Å². The molecule has 1 aromatic carbocycles. The van der Waals surface area contributed by atoms with Gasteiger partial charge in [-0.3, -0.25) is 4.79 Å². The maximum Gasteiger partial charge on any atom is 0.236 e. The number of aryl methyl sites for hydroxylation is 1. The maximum absolute atomic E-state index is 12.6. The van der Waals surface area contributed by atoms with Gasteiger partial charge in [-0.15, -0.1) is 11.8 Å². The summed E-state index contributed by atoms with van der Waals surface area (Å²) in [5, 5.41) is -0.0721. The van der Waals surface area contributed by atoms with Gasteiger partial charge in [0.15, 0.2) is 0 Å². The number of carbonyl (C=O) groups excluding carboxylic acids is 1. The molecular weight excluding hydrogens is 282 g/mol. The summed E-state index contributed by atoms with van der Waals surface area (Å²) in [6.07, 6.45) is 2.55. The zero-order chi connectivity index (χ0) is 14.8. The minimum absolute atomic E-state index is 0.0721. The molecule has 1 aliphatic heterocycles. The summed E-state index contributed by atoms with van der Waals surface area (Å²) in [7, 11) is 0. The number of hydrogen-bond acceptors (Lipinski definition) is 3. The molecule has 1 aromatic heterocycles. The second-order valence-electron chi connectivity index (χ2n) is 5.41. The number of thioether (sulfide) groups is 1. The summed E-state index contributed by atoms with van der Waals surface area (Å²) in [6, 6.07) is 8.31. The highest BCUT2D eigenvalue weighted by molar-refractivity contribution is 8.00. The number of hydrogen-bond donors (Lipinski definition) is 1. The topological polar surface area (TPSA) is 49.0 Å². The van der Waals surface area contributed by atoms with E-state index >= 15 is 0 Å². The Hall–Kier alpha value is -1.75. The Balaban J connectivity index is 1.64. The molecule has 1 amide bonds. The van der Waals surface area contributed by atoms with Gasteiger partial charge in [0.2, 0.25) is 5.91 Å². The molecular formula is C16H19N3OS. The fraction of sp³-hybridized carbons (Fsp3) is 0.375. The summed E-state index contributed by atoms with van der Waals surface area (Å²) < 4.78 is 0. The highest BCUT2D eigenvalue weighted by Crippen LogP contribution is 2.26. The minimum Gasteiger partial charge on any atom is -0.347 e. The number of fused-ring (bicyclic) bond motifs is 1. The molecule has 2 heterocycles. The normalized spacial score (nSPS) is 15.6. The van der Waals surface area contributed by atoms with Crippen LogP contribution in [-0.2, 0) is 17.8 Å². The molecule has 1 N–H and O–H groups in total. The van der Waals surface area contributed by atoms with Gasteiger partial charge in [0.25, 0.3) is 0 Å². The van der Waals surface area contributed by atoms with Crippen molar-refractivity contribution in [3.05, 3.63) is 47.5 Å². The second-order valence-corrected chi connectivity index (χ2v) is 6.82. The Morgan fingerprint density at radius 3 is 2.90 bits per heavy atom. The average Bonchev–Trinajstić information content (AvgIpc) is 2.96. The third kappa shape index (κ3) is 3.13. The molecule has 0 fully saturated rings. The molecule has 1 aliphatic rings. The van der Waals surface area contributed by atoms with Crippen molar-refractivity contribution in [3.63, 3.8) is 0 Å². The molecule has 0 saturated heterocycles. The van der Waals surface area contributed by atoms with Crippen molar-refractivity contribution in [3.8, 4) is 0 Å². The Morgan fingerprint density at radius 1 is 1.38 bits per heavy atom. The fourth-order valence-electron chi connectivity index (χ4n) is 2.53. The van der Waals surface area contributed by atoms with Crippen LogP contribution in [0.5, 0.6) is 0 Å². The van der Waals surface area contributed by atoms with Crippen molar-refractivity contribution in [2.24, 2.45) is 0 Å². The fourth-order valence-corrected chi connectivity index (χ4v) is 3.48. The van der Waals surface area contributed by atoms with Gasteiger partial charge in [0.1, 0.15) is 0 Å². The number of carbonyl (C=O) groups is 1. The number of rotatable bonds is 3. The van der Waals surface area contributed by atoms with Crippen LogP contribution in [0.1, 0.15) is 23.9 Å². The first kappa shape index (κ1) is 14.2. The molecule has 0 bridgehead atoms. The first-order valence-corrected chi connectivity index (χ1v) is 8.04. The van der Waals surface area contributed by atoms with E-state index in [0.29, 0.717) is 6.54 Å². The van der Waals surface area contributed by atoms with Gasteiger partial charge in [-0.2, -0.15) is 0 Å². The van der Waals surface area contributed by atoms with E-state index in [1.54, 1.807) is 18.1 Å². The second kappa shape index (κ2) is 5.93. The summed E-state index contributed by atoms with van der Waals surface area (Å²) in [5.41, 5.74) is 3.40. The summed E-state index contributed by atoms with van der Waals surface area (Å²) >= 11 is 1.62. The Morgan fingerprint density at radius 2 is 2.14 bits per heavy atom. The summed E-state index contributed by atoms with van der Waals surface area (Å²) in [4.78, 5) is 23.0. The van der Waals surface area contributed by atoms with Gasteiger partial charge < -0.3 is 9.88 Å². The molecule has 21 heavy (non-hydrogen) atoms. The predicted molar refractivity (Wildman–Crippen MR) is 84.2 cm³/mol. The van der Waals surface area contributed by atoms with Gasteiger partial charge in [-0.1, -0.05) is 17.7 Å². The van der Waals surface area contributed by atoms with Crippen LogP contribution >= 0.6 is 11.8 Å². The molecule has 1 atom stereocenters. The maximum atomic E-state index is 12.6. The van der Waals surface area contributed by atoms with Crippen molar-refractivity contribution >= 4 is 17.7 Å². The van der Waals surface area contributed by atoms with Crippen LogP contribution in [0.25, 0.3) is 0 Å². The van der Waals surface area contributed by atoms with Crippen LogP contribution in [0.3, 0.4) is 0 Å². The predicted octanol–water partition coefficient (Wildman–Crippen LogP) is 2.78. The lowest BCUT2D eigenvalue weighted by molar-refractivity contribution is -0.131. The van der Waals surface area contributed by atoms with Crippen molar-refractivity contribution in [1.29, 1.82) is 0 Å². The number of aromatic nitrogens is 2. The molecule has 110 valence electrons. The van der Waals surface area contributed by atoms with E-state index in [2.05, 4.69) is 41.2 Å². The molecule has 2 aromatic rings. The number of amides is 1. The van der Waals surface area contributed by atoms with Crippen LogP contribution in [-0.4, -0.2) is 32.6 Å². The molecule has 5 heteroatoms. The van der Waals surface area contributed by atoms with Gasteiger partial charge >= 0.3 is 0 Å². The third-order valence-corrected chi connectivity index (χ3v) is 4.87. The van der Waals surface area contributed by atoms with Crippen LogP contribution < -0.4 is 0 Å². The van der Waals surface area contributed by atoms with Crippen LogP contribution in [0.4, 0.5) is 0 Å². The quantitative estimate of drug-likeness (QED) is 0.887. The van der Waals surface area contributed by atoms with E-state index < -0.39 is 0 Å². The number of H-pyrrole nitrogens is 1. The first-order valence-electron chi connectivity index (χ1n) is 7.16. The molecule has 0 unspecified atom stereocenters. The van der Waals surface area contributed by atoms with E-state index in [1.807, 2.05) is 11.8 Å². The molecule has 0 aliphatic carbocycles. The lowest BCUT2D eigenvalue weighted by atomic mass is 10.1.